The van der Waals surface area contributed by atoms with E-state index in [4.69, 9.17) is 5.73 Å². The normalized spacial score (nSPS) is 19.4. The number of benzene rings is 1. The number of hydrogen-bond acceptors (Lipinski definition) is 3. The molecule has 0 bridgehead atoms. The van der Waals surface area contributed by atoms with Crippen LogP contribution >= 0.6 is 0 Å². The maximum atomic E-state index is 12.0. The number of hydrogen-bond donors (Lipinski definition) is 2. The summed E-state index contributed by atoms with van der Waals surface area (Å²) < 4.78 is 0. The number of nitrogens with one attached hydrogen (secondary N) is 1. The minimum Gasteiger partial charge on any atom is -0.352 e. The Morgan fingerprint density at radius 3 is 2.76 bits per heavy atom. The molecule has 1 aliphatic heterocycles. The molecule has 0 saturated carbocycles. The number of likely N-dealkylation sites (tertiary alicyclic amines) is 1. The first-order valence-corrected chi connectivity index (χ1v) is 8.02. The molecular weight excluding hydrogens is 262 g/mol. The number of carbonyl (C=O) groups excluding carboxylic acids is 1. The smallest absolute Gasteiger partial charge is 0.251 e. The van der Waals surface area contributed by atoms with Gasteiger partial charge in [-0.3, -0.25) is 4.79 Å². The van der Waals surface area contributed by atoms with Crippen molar-refractivity contribution in [2.24, 2.45) is 5.73 Å². The maximum Gasteiger partial charge on any atom is 0.251 e. The molecule has 3 N–H and O–H groups in total. The van der Waals surface area contributed by atoms with Crippen LogP contribution in [-0.2, 0) is 6.54 Å². The molecule has 1 aromatic carbocycles. The fourth-order valence-corrected chi connectivity index (χ4v) is 2.87. The molecule has 1 atom stereocenters. The van der Waals surface area contributed by atoms with Crippen LogP contribution in [0, 0.1) is 0 Å². The van der Waals surface area contributed by atoms with Crippen molar-refractivity contribution >= 4 is 5.91 Å². The first kappa shape index (κ1) is 16.0. The van der Waals surface area contributed by atoms with Crippen molar-refractivity contribution in [2.45, 2.75) is 45.2 Å². The Bertz CT molecular complexity index is 444. The van der Waals surface area contributed by atoms with Gasteiger partial charge < -0.3 is 16.0 Å². The highest BCUT2D eigenvalue weighted by molar-refractivity contribution is 5.94. The van der Waals surface area contributed by atoms with Crippen molar-refractivity contribution < 1.29 is 4.79 Å². The van der Waals surface area contributed by atoms with Crippen molar-refractivity contribution in [3.05, 3.63) is 35.4 Å². The van der Waals surface area contributed by atoms with Crippen LogP contribution in [0.3, 0.4) is 0 Å². The first-order valence-electron chi connectivity index (χ1n) is 8.02. The summed E-state index contributed by atoms with van der Waals surface area (Å²) in [6.45, 7) is 5.83. The van der Waals surface area contributed by atoms with Gasteiger partial charge in [0.1, 0.15) is 0 Å². The molecule has 116 valence electrons. The predicted molar refractivity (Wildman–Crippen MR) is 86.2 cm³/mol. The van der Waals surface area contributed by atoms with E-state index in [1.807, 2.05) is 24.3 Å². The number of piperidine rings is 1. The van der Waals surface area contributed by atoms with Gasteiger partial charge in [0.05, 0.1) is 0 Å². The van der Waals surface area contributed by atoms with Gasteiger partial charge in [-0.1, -0.05) is 18.6 Å². The molecule has 1 amide bonds. The average Bonchev–Trinajstić information content (AvgIpc) is 2.53. The minimum atomic E-state index is 0.00487. The summed E-state index contributed by atoms with van der Waals surface area (Å²) in [5, 5.41) is 2.99. The summed E-state index contributed by atoms with van der Waals surface area (Å²) in [5.74, 6) is 0.00487. The molecule has 21 heavy (non-hydrogen) atoms. The predicted octanol–water partition coefficient (Wildman–Crippen LogP) is 2.14. The summed E-state index contributed by atoms with van der Waals surface area (Å²) in [4.78, 5) is 14.5. The van der Waals surface area contributed by atoms with Crippen LogP contribution in [0.1, 0.15) is 48.5 Å². The molecule has 0 spiro atoms. The quantitative estimate of drug-likeness (QED) is 0.789. The molecule has 1 heterocycles. The Morgan fingerprint density at radius 2 is 2.10 bits per heavy atom. The van der Waals surface area contributed by atoms with Crippen molar-refractivity contribution in [3.63, 3.8) is 0 Å². The monoisotopic (exact) mass is 289 g/mol. The zero-order chi connectivity index (χ0) is 15.1. The SMILES string of the molecule is CC1CCCCN1CCCNC(=O)c1ccc(CN)cc1. The van der Waals surface area contributed by atoms with Gasteiger partial charge in [-0.2, -0.15) is 0 Å². The van der Waals surface area contributed by atoms with Gasteiger partial charge in [-0.25, -0.2) is 0 Å². The number of nitrogens with two attached hydrogens (primary N) is 1. The molecule has 2 rings (SSSR count). The number of rotatable bonds is 6. The second kappa shape index (κ2) is 8.15. The van der Waals surface area contributed by atoms with Gasteiger partial charge in [0.15, 0.2) is 0 Å². The highest BCUT2D eigenvalue weighted by Gasteiger charge is 2.17. The molecule has 1 aromatic rings. The van der Waals surface area contributed by atoms with E-state index in [-0.39, 0.29) is 5.91 Å². The summed E-state index contributed by atoms with van der Waals surface area (Å²) in [5.41, 5.74) is 7.30. The molecule has 0 aromatic heterocycles. The molecule has 1 saturated heterocycles. The number of amides is 1. The lowest BCUT2D eigenvalue weighted by Crippen LogP contribution is -2.39. The first-order chi connectivity index (χ1) is 10.2. The van der Waals surface area contributed by atoms with Crippen molar-refractivity contribution in [3.8, 4) is 0 Å². The summed E-state index contributed by atoms with van der Waals surface area (Å²) in [6.07, 6.45) is 4.98. The van der Waals surface area contributed by atoms with Crippen LogP contribution < -0.4 is 11.1 Å². The lowest BCUT2D eigenvalue weighted by molar-refractivity contribution is 0.0949. The highest BCUT2D eigenvalue weighted by Crippen LogP contribution is 2.16. The Balaban J connectivity index is 1.68. The van der Waals surface area contributed by atoms with E-state index in [1.54, 1.807) is 0 Å². The molecular formula is C17H27N3O. The zero-order valence-electron chi connectivity index (χ0n) is 13.0. The van der Waals surface area contributed by atoms with Crippen LogP contribution in [0.4, 0.5) is 0 Å². The van der Waals surface area contributed by atoms with E-state index >= 15 is 0 Å². The summed E-state index contributed by atoms with van der Waals surface area (Å²) >= 11 is 0. The van der Waals surface area contributed by atoms with Gasteiger partial charge in [0.2, 0.25) is 0 Å². The van der Waals surface area contributed by atoms with Gasteiger partial charge in [-0.05, 0) is 50.4 Å². The molecule has 4 nitrogen and oxygen atoms in total. The fraction of sp³-hybridized carbons (Fsp3) is 0.588. The Morgan fingerprint density at radius 1 is 1.33 bits per heavy atom. The van der Waals surface area contributed by atoms with Crippen LogP contribution in [0.15, 0.2) is 24.3 Å². The summed E-state index contributed by atoms with van der Waals surface area (Å²) in [7, 11) is 0. The van der Waals surface area contributed by atoms with Gasteiger partial charge in [0.25, 0.3) is 5.91 Å². The van der Waals surface area contributed by atoms with E-state index in [1.165, 1.54) is 25.8 Å². The third-order valence-corrected chi connectivity index (χ3v) is 4.30. The van der Waals surface area contributed by atoms with E-state index in [9.17, 15) is 4.79 Å². The summed E-state index contributed by atoms with van der Waals surface area (Å²) in [6, 6.07) is 8.18. The van der Waals surface area contributed by atoms with Crippen LogP contribution in [-0.4, -0.2) is 36.5 Å². The minimum absolute atomic E-state index is 0.00487. The third-order valence-electron chi connectivity index (χ3n) is 4.30. The largest absolute Gasteiger partial charge is 0.352 e. The second-order valence-corrected chi connectivity index (χ2v) is 5.89. The Kier molecular flexibility index (Phi) is 6.21. The third kappa shape index (κ3) is 4.83. The fourth-order valence-electron chi connectivity index (χ4n) is 2.87. The van der Waals surface area contributed by atoms with Gasteiger partial charge in [-0.15, -0.1) is 0 Å². The lowest BCUT2D eigenvalue weighted by atomic mass is 10.0. The van der Waals surface area contributed by atoms with Gasteiger partial charge >= 0.3 is 0 Å². The zero-order valence-corrected chi connectivity index (χ0v) is 13.0. The molecule has 1 unspecified atom stereocenters. The Hall–Kier alpha value is -1.39. The molecule has 0 aliphatic carbocycles. The van der Waals surface area contributed by atoms with Crippen LogP contribution in [0.25, 0.3) is 0 Å². The standard InChI is InChI=1S/C17H27N3O/c1-14-5-2-3-11-20(14)12-4-10-19-17(21)16-8-6-15(13-18)7-9-16/h6-9,14H,2-5,10-13,18H2,1H3,(H,19,21). The average molecular weight is 289 g/mol. The number of nitrogens with zero attached hydrogens (tertiary/aromatic N) is 1. The Labute approximate surface area is 127 Å². The van der Waals surface area contributed by atoms with Crippen molar-refractivity contribution in [2.75, 3.05) is 19.6 Å². The maximum absolute atomic E-state index is 12.0. The molecule has 1 fully saturated rings. The second-order valence-electron chi connectivity index (χ2n) is 5.89. The van der Waals surface area contributed by atoms with Crippen LogP contribution in [0.2, 0.25) is 0 Å². The van der Waals surface area contributed by atoms with E-state index in [0.717, 1.165) is 25.1 Å². The van der Waals surface area contributed by atoms with E-state index in [2.05, 4.69) is 17.1 Å². The molecule has 4 heteroatoms. The highest BCUT2D eigenvalue weighted by atomic mass is 16.1. The lowest BCUT2D eigenvalue weighted by Gasteiger charge is -2.33. The molecule has 0 radical (unpaired) electrons. The van der Waals surface area contributed by atoms with Crippen molar-refractivity contribution in [1.29, 1.82) is 0 Å². The van der Waals surface area contributed by atoms with Gasteiger partial charge in [0, 0.05) is 31.2 Å². The topological polar surface area (TPSA) is 58.4 Å². The van der Waals surface area contributed by atoms with Crippen LogP contribution in [0.5, 0.6) is 0 Å². The van der Waals surface area contributed by atoms with E-state index < -0.39 is 0 Å². The van der Waals surface area contributed by atoms with E-state index in [0.29, 0.717) is 18.2 Å². The molecule has 1 aliphatic rings. The number of carbonyl (C=O) groups is 1. The van der Waals surface area contributed by atoms with Crippen molar-refractivity contribution in [1.82, 2.24) is 10.2 Å².